The van der Waals surface area contributed by atoms with Crippen LogP contribution in [0.4, 0.5) is 14.9 Å². The van der Waals surface area contributed by atoms with Crippen LogP contribution in [0.1, 0.15) is 12.5 Å². The Hall–Kier alpha value is -3.22. The van der Waals surface area contributed by atoms with Gasteiger partial charge in [0.1, 0.15) is 17.9 Å². The third kappa shape index (κ3) is 3.21. The van der Waals surface area contributed by atoms with Gasteiger partial charge in [0.2, 0.25) is 5.91 Å². The van der Waals surface area contributed by atoms with Crippen molar-refractivity contribution in [3.63, 3.8) is 0 Å². The van der Waals surface area contributed by atoms with Crippen molar-refractivity contribution in [2.75, 3.05) is 11.9 Å². The molecule has 0 aromatic heterocycles. The molecule has 0 bridgehead atoms. The number of imide groups is 1. The molecule has 2 aromatic rings. The summed E-state index contributed by atoms with van der Waals surface area (Å²) in [5, 5.41) is 5.09. The van der Waals surface area contributed by atoms with Crippen molar-refractivity contribution in [2.24, 2.45) is 0 Å². The zero-order valence-electron chi connectivity index (χ0n) is 13.5. The van der Waals surface area contributed by atoms with E-state index in [2.05, 4.69) is 10.6 Å². The van der Waals surface area contributed by atoms with E-state index in [1.54, 1.807) is 37.3 Å². The number of halogens is 1. The molecule has 1 saturated heterocycles. The first-order chi connectivity index (χ1) is 11.9. The molecule has 7 heteroatoms. The minimum absolute atomic E-state index is 0.253. The van der Waals surface area contributed by atoms with Crippen molar-refractivity contribution in [1.29, 1.82) is 0 Å². The highest BCUT2D eigenvalue weighted by molar-refractivity contribution is 6.10. The summed E-state index contributed by atoms with van der Waals surface area (Å²) in [4.78, 5) is 37.8. The number of carbonyl (C=O) groups excluding carboxylic acids is 3. The number of benzene rings is 2. The Labute approximate surface area is 143 Å². The highest BCUT2D eigenvalue weighted by atomic mass is 19.1. The average molecular weight is 341 g/mol. The Morgan fingerprint density at radius 3 is 2.56 bits per heavy atom. The smallest absolute Gasteiger partial charge is 0.324 e. The third-order valence-corrected chi connectivity index (χ3v) is 4.04. The van der Waals surface area contributed by atoms with E-state index < -0.39 is 35.7 Å². The number of hydrogen-bond donors (Lipinski definition) is 2. The largest absolute Gasteiger partial charge is 0.325 e. The molecule has 0 radical (unpaired) electrons. The van der Waals surface area contributed by atoms with Crippen molar-refractivity contribution >= 4 is 23.5 Å². The second-order valence-electron chi connectivity index (χ2n) is 5.87. The second-order valence-corrected chi connectivity index (χ2v) is 5.87. The van der Waals surface area contributed by atoms with E-state index in [-0.39, 0.29) is 5.69 Å². The summed E-state index contributed by atoms with van der Waals surface area (Å²) in [6, 6.07) is 13.5. The van der Waals surface area contributed by atoms with Crippen LogP contribution in [0, 0.1) is 5.82 Å². The first kappa shape index (κ1) is 16.6. The van der Waals surface area contributed by atoms with Gasteiger partial charge in [-0.1, -0.05) is 36.4 Å². The normalized spacial score (nSPS) is 19.7. The van der Waals surface area contributed by atoms with Crippen LogP contribution < -0.4 is 10.6 Å². The summed E-state index contributed by atoms with van der Waals surface area (Å²) in [6.07, 6.45) is 0. The maximum Gasteiger partial charge on any atom is 0.325 e. The molecule has 0 saturated carbocycles. The molecule has 1 aliphatic rings. The Morgan fingerprint density at radius 2 is 1.88 bits per heavy atom. The molecule has 0 spiro atoms. The minimum Gasteiger partial charge on any atom is -0.324 e. The molecule has 1 atom stereocenters. The number of nitrogens with zero attached hydrogens (tertiary/aromatic N) is 1. The van der Waals surface area contributed by atoms with Gasteiger partial charge in [-0.25, -0.2) is 9.18 Å². The van der Waals surface area contributed by atoms with E-state index in [9.17, 15) is 18.8 Å². The zero-order chi connectivity index (χ0) is 18.0. The van der Waals surface area contributed by atoms with Crippen LogP contribution in [0.3, 0.4) is 0 Å². The number of rotatable bonds is 4. The second kappa shape index (κ2) is 6.35. The molecule has 1 fully saturated rings. The van der Waals surface area contributed by atoms with Crippen molar-refractivity contribution < 1.29 is 18.8 Å². The van der Waals surface area contributed by atoms with Gasteiger partial charge in [0.15, 0.2) is 0 Å². The predicted octanol–water partition coefficient (Wildman–Crippen LogP) is 2.23. The molecule has 1 heterocycles. The van der Waals surface area contributed by atoms with Gasteiger partial charge in [0.05, 0.1) is 0 Å². The summed E-state index contributed by atoms with van der Waals surface area (Å²) >= 11 is 0. The fraction of sp³-hybridized carbons (Fsp3) is 0.167. The van der Waals surface area contributed by atoms with Gasteiger partial charge in [-0.3, -0.25) is 14.5 Å². The summed E-state index contributed by atoms with van der Waals surface area (Å²) in [5.74, 6) is -1.60. The van der Waals surface area contributed by atoms with E-state index in [4.69, 9.17) is 0 Å². The molecule has 128 valence electrons. The number of hydrogen-bond acceptors (Lipinski definition) is 3. The average Bonchev–Trinajstić information content (AvgIpc) is 2.80. The maximum absolute atomic E-state index is 13.2. The first-order valence-electron chi connectivity index (χ1n) is 7.65. The quantitative estimate of drug-likeness (QED) is 0.837. The predicted molar refractivity (Wildman–Crippen MR) is 89.1 cm³/mol. The molecule has 3 rings (SSSR count). The van der Waals surface area contributed by atoms with Gasteiger partial charge < -0.3 is 10.6 Å². The van der Waals surface area contributed by atoms with Crippen LogP contribution in [0.15, 0.2) is 54.6 Å². The van der Waals surface area contributed by atoms with E-state index in [0.29, 0.717) is 5.56 Å². The topological polar surface area (TPSA) is 78.5 Å². The molecule has 0 unspecified atom stereocenters. The molecule has 25 heavy (non-hydrogen) atoms. The highest BCUT2D eigenvalue weighted by Gasteiger charge is 2.49. The first-order valence-corrected chi connectivity index (χ1v) is 7.65. The van der Waals surface area contributed by atoms with Gasteiger partial charge >= 0.3 is 6.03 Å². The minimum atomic E-state index is -1.22. The lowest BCUT2D eigenvalue weighted by atomic mass is 9.92. The Bertz CT molecular complexity index is 840. The van der Waals surface area contributed by atoms with Crippen molar-refractivity contribution in [3.05, 3.63) is 66.0 Å². The Kier molecular flexibility index (Phi) is 4.22. The molecular formula is C18H16FN3O3. The van der Waals surface area contributed by atoms with Gasteiger partial charge in [-0.2, -0.15) is 0 Å². The van der Waals surface area contributed by atoms with Gasteiger partial charge in [0.25, 0.3) is 5.91 Å². The lowest BCUT2D eigenvalue weighted by Crippen LogP contribution is -2.42. The number of amides is 4. The van der Waals surface area contributed by atoms with Crippen LogP contribution in [0.25, 0.3) is 0 Å². The van der Waals surface area contributed by atoms with Crippen LogP contribution in [0.2, 0.25) is 0 Å². The lowest BCUT2D eigenvalue weighted by Gasteiger charge is -2.22. The summed E-state index contributed by atoms with van der Waals surface area (Å²) in [5.41, 5.74) is -0.346. The van der Waals surface area contributed by atoms with Crippen LogP contribution >= 0.6 is 0 Å². The summed E-state index contributed by atoms with van der Waals surface area (Å²) in [6.45, 7) is 1.14. The van der Waals surface area contributed by atoms with Crippen LogP contribution in [-0.4, -0.2) is 29.3 Å². The van der Waals surface area contributed by atoms with Crippen molar-refractivity contribution in [3.8, 4) is 0 Å². The fourth-order valence-electron chi connectivity index (χ4n) is 2.72. The molecule has 6 nitrogen and oxygen atoms in total. The summed E-state index contributed by atoms with van der Waals surface area (Å²) < 4.78 is 13.2. The van der Waals surface area contributed by atoms with Gasteiger partial charge in [-0.15, -0.1) is 0 Å². The fourth-order valence-corrected chi connectivity index (χ4v) is 2.72. The standard InChI is InChI=1S/C18H16FN3O3/c1-18(12-6-3-2-4-7-12)16(24)22(17(25)21-18)11-15(23)20-14-9-5-8-13(19)10-14/h2-10H,11H2,1H3,(H,20,23)(H,21,25)/t18-/m1/s1. The monoisotopic (exact) mass is 341 g/mol. The lowest BCUT2D eigenvalue weighted by molar-refractivity contribution is -0.133. The number of urea groups is 1. The van der Waals surface area contributed by atoms with Gasteiger partial charge in [-0.05, 0) is 30.7 Å². The SMILES string of the molecule is C[C@]1(c2ccccc2)NC(=O)N(CC(=O)Nc2cccc(F)c2)C1=O. The third-order valence-electron chi connectivity index (χ3n) is 4.04. The number of anilines is 1. The number of nitrogens with one attached hydrogen (secondary N) is 2. The zero-order valence-corrected chi connectivity index (χ0v) is 13.5. The molecular weight excluding hydrogens is 325 g/mol. The highest BCUT2D eigenvalue weighted by Crippen LogP contribution is 2.28. The molecule has 1 aliphatic heterocycles. The van der Waals surface area contributed by atoms with Crippen LogP contribution in [-0.2, 0) is 15.1 Å². The Morgan fingerprint density at radius 1 is 1.16 bits per heavy atom. The number of carbonyl (C=O) groups is 3. The molecule has 2 N–H and O–H groups in total. The van der Waals surface area contributed by atoms with E-state index in [1.807, 2.05) is 0 Å². The molecule has 2 aromatic carbocycles. The van der Waals surface area contributed by atoms with Gasteiger partial charge in [0, 0.05) is 5.69 Å². The van der Waals surface area contributed by atoms with Crippen molar-refractivity contribution in [2.45, 2.75) is 12.5 Å². The van der Waals surface area contributed by atoms with E-state index in [1.165, 1.54) is 18.2 Å². The maximum atomic E-state index is 13.2. The summed E-state index contributed by atoms with van der Waals surface area (Å²) in [7, 11) is 0. The molecule has 0 aliphatic carbocycles. The van der Waals surface area contributed by atoms with E-state index in [0.717, 1.165) is 11.0 Å². The van der Waals surface area contributed by atoms with Crippen molar-refractivity contribution in [1.82, 2.24) is 10.2 Å². The molecule has 4 amide bonds. The van der Waals surface area contributed by atoms with E-state index >= 15 is 0 Å². The van der Waals surface area contributed by atoms with Crippen LogP contribution in [0.5, 0.6) is 0 Å². The Balaban J connectivity index is 1.74.